The number of benzene rings is 3. The second kappa shape index (κ2) is 11.0. The lowest BCUT2D eigenvalue weighted by Crippen LogP contribution is -2.13. The minimum Gasteiger partial charge on any atom is -0.480 e. The van der Waals surface area contributed by atoms with E-state index in [1.54, 1.807) is 0 Å². The van der Waals surface area contributed by atoms with Crippen LogP contribution in [0.2, 0.25) is 0 Å². The van der Waals surface area contributed by atoms with Crippen molar-refractivity contribution in [3.63, 3.8) is 0 Å². The lowest BCUT2D eigenvalue weighted by molar-refractivity contribution is -0.142. The van der Waals surface area contributed by atoms with Crippen LogP contribution >= 0.6 is 0 Å². The number of rotatable bonds is 10. The maximum absolute atomic E-state index is 10.5. The summed E-state index contributed by atoms with van der Waals surface area (Å²) in [5, 5.41) is 8.65. The average molecular weight is 403 g/mol. The van der Waals surface area contributed by atoms with Crippen molar-refractivity contribution >= 4 is 11.7 Å². The van der Waals surface area contributed by atoms with Gasteiger partial charge in [-0.1, -0.05) is 84.9 Å². The van der Waals surface area contributed by atoms with Crippen molar-refractivity contribution in [3.8, 4) is 11.1 Å². The van der Waals surface area contributed by atoms with Crippen LogP contribution in [0.15, 0.2) is 84.9 Å². The van der Waals surface area contributed by atoms with Crippen LogP contribution in [0.4, 0.5) is 0 Å². The van der Waals surface area contributed by atoms with Gasteiger partial charge in [-0.25, -0.2) is 4.79 Å². The van der Waals surface area contributed by atoms with E-state index in [2.05, 4.69) is 41.9 Å². The van der Waals surface area contributed by atoms with Crippen LogP contribution in [0.5, 0.6) is 0 Å². The number of aliphatic carboxylic acids is 1. The monoisotopic (exact) mass is 403 g/mol. The summed E-state index contributed by atoms with van der Waals surface area (Å²) in [5.74, 6) is -0.977. The van der Waals surface area contributed by atoms with Crippen molar-refractivity contribution in [2.75, 3.05) is 6.61 Å². The summed E-state index contributed by atoms with van der Waals surface area (Å²) in [6.45, 7) is 2.26. The molecule has 0 radical (unpaired) electrons. The highest BCUT2D eigenvalue weighted by atomic mass is 16.6. The van der Waals surface area contributed by atoms with Gasteiger partial charge < -0.3 is 9.84 Å². The molecule has 0 aliphatic heterocycles. The molecule has 0 unspecified atom stereocenters. The van der Waals surface area contributed by atoms with Crippen LogP contribution < -0.4 is 5.48 Å². The number of hydrogen-bond donors (Lipinski definition) is 2. The van der Waals surface area contributed by atoms with E-state index in [1.807, 2.05) is 55.5 Å². The average Bonchev–Trinajstić information content (AvgIpc) is 2.78. The number of ether oxygens (including phenoxy) is 1. The largest absolute Gasteiger partial charge is 0.480 e. The lowest BCUT2D eigenvalue weighted by Gasteiger charge is -2.12. The summed E-state index contributed by atoms with van der Waals surface area (Å²) in [6.07, 6.45) is 1.97. The van der Waals surface area contributed by atoms with Gasteiger partial charge >= 0.3 is 5.97 Å². The van der Waals surface area contributed by atoms with Gasteiger partial charge in [0.05, 0.1) is 18.9 Å². The number of nitrogens with one attached hydrogen (secondary N) is 1. The first-order chi connectivity index (χ1) is 14.7. The lowest BCUT2D eigenvalue weighted by atomic mass is 10.0. The molecule has 3 aromatic rings. The number of allylic oxidation sites excluding steroid dienone is 1. The highest BCUT2D eigenvalue weighted by Gasteiger charge is 2.04. The Bertz CT molecular complexity index is 982. The Kier molecular flexibility index (Phi) is 7.78. The minimum atomic E-state index is -0.977. The van der Waals surface area contributed by atoms with E-state index in [-0.39, 0.29) is 13.2 Å². The van der Waals surface area contributed by atoms with Gasteiger partial charge in [-0.3, -0.25) is 10.3 Å². The first-order valence-corrected chi connectivity index (χ1v) is 9.73. The Morgan fingerprint density at radius 3 is 2.23 bits per heavy atom. The molecule has 0 heterocycles. The first-order valence-electron chi connectivity index (χ1n) is 9.73. The van der Waals surface area contributed by atoms with Crippen molar-refractivity contribution in [1.82, 2.24) is 5.48 Å². The van der Waals surface area contributed by atoms with Crippen LogP contribution in [-0.2, 0) is 27.6 Å². The van der Waals surface area contributed by atoms with Crippen LogP contribution in [0.1, 0.15) is 23.6 Å². The summed E-state index contributed by atoms with van der Waals surface area (Å²) in [7, 11) is 0. The van der Waals surface area contributed by atoms with Crippen molar-refractivity contribution in [3.05, 3.63) is 102 Å². The van der Waals surface area contributed by atoms with Gasteiger partial charge in [0.15, 0.2) is 0 Å². The number of carboxylic acids is 1. The zero-order chi connectivity index (χ0) is 21.2. The van der Waals surface area contributed by atoms with E-state index in [9.17, 15) is 4.79 Å². The van der Waals surface area contributed by atoms with Gasteiger partial charge in [0.2, 0.25) is 0 Å². The fourth-order valence-corrected chi connectivity index (χ4v) is 3.02. The molecule has 5 heteroatoms. The Morgan fingerprint density at radius 1 is 0.900 bits per heavy atom. The van der Waals surface area contributed by atoms with Crippen LogP contribution in [0, 0.1) is 0 Å². The molecule has 0 amide bonds. The molecule has 0 fully saturated rings. The van der Waals surface area contributed by atoms with Crippen LogP contribution in [0.25, 0.3) is 16.8 Å². The van der Waals surface area contributed by atoms with Gasteiger partial charge in [-0.15, -0.1) is 0 Å². The van der Waals surface area contributed by atoms with E-state index < -0.39 is 5.97 Å². The molecule has 0 aliphatic rings. The van der Waals surface area contributed by atoms with Crippen molar-refractivity contribution in [2.24, 2.45) is 0 Å². The Labute approximate surface area is 176 Å². The summed E-state index contributed by atoms with van der Waals surface area (Å²) >= 11 is 0. The Hall–Kier alpha value is -3.41. The molecule has 0 saturated carbocycles. The third kappa shape index (κ3) is 6.30. The van der Waals surface area contributed by atoms with E-state index in [4.69, 9.17) is 14.7 Å². The molecule has 154 valence electrons. The molecule has 3 aromatic carbocycles. The fraction of sp³-hybridized carbons (Fsp3) is 0.160. The molecular formula is C25H25NO4. The van der Waals surface area contributed by atoms with Gasteiger partial charge in [0.25, 0.3) is 0 Å². The Balaban J connectivity index is 1.54. The molecule has 2 N–H and O–H groups in total. The minimum absolute atomic E-state index is 0.251. The van der Waals surface area contributed by atoms with Crippen molar-refractivity contribution in [2.45, 2.75) is 20.1 Å². The molecule has 3 rings (SSSR count). The molecule has 0 spiro atoms. The summed E-state index contributed by atoms with van der Waals surface area (Å²) in [5.41, 5.74) is 9.16. The predicted octanol–water partition coefficient (Wildman–Crippen LogP) is 5.04. The molecule has 0 aliphatic carbocycles. The molecule has 0 bridgehead atoms. The predicted molar refractivity (Wildman–Crippen MR) is 117 cm³/mol. The third-order valence-electron chi connectivity index (χ3n) is 4.50. The molecule has 0 aromatic heterocycles. The molecule has 30 heavy (non-hydrogen) atoms. The van der Waals surface area contributed by atoms with Crippen LogP contribution in [-0.4, -0.2) is 17.7 Å². The standard InChI is InChI=1S/C25H25NO4/c1-2-24(23-13-11-22(12-14-23)21-9-4-3-5-10-21)26-30-17-20-8-6-7-19(15-20)16-29-18-25(27)28/h2-15,26H,16-18H2,1H3,(H,27,28). The quantitative estimate of drug-likeness (QED) is 0.464. The van der Waals surface area contributed by atoms with E-state index >= 15 is 0 Å². The highest BCUT2D eigenvalue weighted by molar-refractivity contribution is 5.69. The van der Waals surface area contributed by atoms with Gasteiger partial charge in [-0.05, 0) is 34.7 Å². The first kappa shape index (κ1) is 21.3. The number of carbonyl (C=O) groups is 1. The van der Waals surface area contributed by atoms with Crippen molar-refractivity contribution < 1.29 is 19.5 Å². The maximum Gasteiger partial charge on any atom is 0.329 e. The molecule has 5 nitrogen and oxygen atoms in total. The second-order valence-electron chi connectivity index (χ2n) is 6.74. The summed E-state index contributed by atoms with van der Waals surface area (Å²) in [4.78, 5) is 16.2. The normalized spacial score (nSPS) is 11.3. The zero-order valence-corrected chi connectivity index (χ0v) is 16.9. The molecule has 0 saturated heterocycles. The summed E-state index contributed by atoms with van der Waals surface area (Å²) in [6, 6.07) is 26.3. The number of carboxylic acid groups (broad SMARTS) is 1. The Morgan fingerprint density at radius 2 is 1.57 bits per heavy atom. The molecule has 0 atom stereocenters. The van der Waals surface area contributed by atoms with Gasteiger partial charge in [0.1, 0.15) is 6.61 Å². The van der Waals surface area contributed by atoms with E-state index in [0.29, 0.717) is 6.61 Å². The van der Waals surface area contributed by atoms with Crippen LogP contribution in [0.3, 0.4) is 0 Å². The number of hydroxylamine groups is 1. The van der Waals surface area contributed by atoms with Gasteiger partial charge in [-0.2, -0.15) is 0 Å². The topological polar surface area (TPSA) is 67.8 Å². The smallest absolute Gasteiger partial charge is 0.329 e. The zero-order valence-electron chi connectivity index (χ0n) is 16.9. The third-order valence-corrected chi connectivity index (χ3v) is 4.50. The summed E-state index contributed by atoms with van der Waals surface area (Å²) < 4.78 is 5.13. The highest BCUT2D eigenvalue weighted by Crippen LogP contribution is 2.21. The van der Waals surface area contributed by atoms with Crippen molar-refractivity contribution in [1.29, 1.82) is 0 Å². The molecular weight excluding hydrogens is 378 g/mol. The van der Waals surface area contributed by atoms with E-state index in [1.165, 1.54) is 5.56 Å². The SMILES string of the molecule is CC=C(NOCc1cccc(COCC(=O)O)c1)c1ccc(-c2ccccc2)cc1. The van der Waals surface area contributed by atoms with Gasteiger partial charge in [0, 0.05) is 0 Å². The second-order valence-corrected chi connectivity index (χ2v) is 6.74. The maximum atomic E-state index is 10.5. The van der Waals surface area contributed by atoms with E-state index in [0.717, 1.165) is 28.0 Å². The fourth-order valence-electron chi connectivity index (χ4n) is 3.02. The number of hydrogen-bond acceptors (Lipinski definition) is 4.